The Hall–Kier alpha value is -2.59. The second kappa shape index (κ2) is 4.20. The average molecular weight is 295 g/mol. The lowest BCUT2D eigenvalue weighted by molar-refractivity contribution is 1.19. The van der Waals surface area contributed by atoms with Crippen LogP contribution in [0, 0.1) is 0 Å². The number of imidazole rings is 1. The maximum atomic E-state index is 4.75. The highest BCUT2D eigenvalue weighted by Gasteiger charge is 2.13. The van der Waals surface area contributed by atoms with E-state index in [4.69, 9.17) is 4.98 Å². The van der Waals surface area contributed by atoms with Gasteiger partial charge in [-0.25, -0.2) is 9.97 Å². The summed E-state index contributed by atoms with van der Waals surface area (Å²) in [6.45, 7) is 0. The predicted molar refractivity (Wildman–Crippen MR) is 87.1 cm³/mol. The van der Waals surface area contributed by atoms with Gasteiger partial charge in [0.15, 0.2) is 5.65 Å². The van der Waals surface area contributed by atoms with Gasteiger partial charge in [0.1, 0.15) is 11.2 Å². The number of pyridine rings is 2. The maximum absolute atomic E-state index is 4.75. The van der Waals surface area contributed by atoms with Crippen LogP contribution in [0.25, 0.3) is 38.6 Å². The molecular weight excluding hydrogens is 284 g/mol. The first-order chi connectivity index (χ1) is 9.92. The summed E-state index contributed by atoms with van der Waals surface area (Å²) in [6.07, 6.45) is 3.89. The summed E-state index contributed by atoms with van der Waals surface area (Å²) in [5.74, 6) is 0. The Balaban J connectivity index is 0.00000115. The van der Waals surface area contributed by atoms with E-state index in [9.17, 15) is 0 Å². The third-order valence-corrected chi connectivity index (χ3v) is 3.79. The van der Waals surface area contributed by atoms with E-state index < -0.39 is 0 Å². The largest absolute Gasteiger partial charge is 0.353 e. The topological polar surface area (TPSA) is 46.0 Å². The summed E-state index contributed by atoms with van der Waals surface area (Å²) < 4.78 is 2.02. The molecule has 1 aromatic carbocycles. The van der Waals surface area contributed by atoms with Crippen molar-refractivity contribution in [3.05, 3.63) is 54.9 Å². The fourth-order valence-corrected chi connectivity index (χ4v) is 2.91. The van der Waals surface area contributed by atoms with Crippen LogP contribution in [-0.2, 0) is 0 Å². The van der Waals surface area contributed by atoms with E-state index in [1.165, 1.54) is 5.39 Å². The average Bonchev–Trinajstić information content (AvgIpc) is 3.04. The number of benzene rings is 1. The van der Waals surface area contributed by atoms with Crippen molar-refractivity contribution in [2.45, 2.75) is 0 Å². The Kier molecular flexibility index (Phi) is 2.43. The van der Waals surface area contributed by atoms with E-state index in [-0.39, 0.29) is 12.4 Å². The maximum Gasteiger partial charge on any atom is 0.165 e. The Morgan fingerprint density at radius 3 is 2.76 bits per heavy atom. The van der Waals surface area contributed by atoms with Gasteiger partial charge >= 0.3 is 0 Å². The number of H-pyrrole nitrogens is 1. The van der Waals surface area contributed by atoms with Crippen LogP contribution in [0.2, 0.25) is 0 Å². The molecule has 4 aromatic heterocycles. The number of rotatable bonds is 0. The molecule has 0 bridgehead atoms. The van der Waals surface area contributed by atoms with Crippen LogP contribution >= 0.6 is 12.4 Å². The van der Waals surface area contributed by atoms with E-state index in [2.05, 4.69) is 28.2 Å². The zero-order valence-corrected chi connectivity index (χ0v) is 11.8. The van der Waals surface area contributed by atoms with Gasteiger partial charge in [0.05, 0.1) is 11.7 Å². The van der Waals surface area contributed by atoms with Crippen molar-refractivity contribution in [3.8, 4) is 0 Å². The summed E-state index contributed by atoms with van der Waals surface area (Å²) in [5, 5.41) is 2.34. The quantitative estimate of drug-likeness (QED) is 0.470. The zero-order valence-electron chi connectivity index (χ0n) is 10.9. The van der Waals surface area contributed by atoms with E-state index in [0.29, 0.717) is 0 Å². The molecule has 5 heteroatoms. The number of hydrogen-bond donors (Lipinski definition) is 1. The van der Waals surface area contributed by atoms with Crippen molar-refractivity contribution >= 4 is 51.0 Å². The van der Waals surface area contributed by atoms with Crippen LogP contribution in [0.1, 0.15) is 0 Å². The first-order valence-electron chi connectivity index (χ1n) is 6.54. The van der Waals surface area contributed by atoms with Gasteiger partial charge in [0.2, 0.25) is 0 Å². The van der Waals surface area contributed by atoms with Gasteiger partial charge in [-0.3, -0.25) is 4.40 Å². The highest BCUT2D eigenvalue weighted by Crippen LogP contribution is 2.30. The standard InChI is InChI=1S/C16H10N4.ClH/c1-2-6-11-10(5-1)14-12(18-11)9-17-16-15(14)19-13-7-3-4-8-20(13)16;/h1-9,18H;1H. The van der Waals surface area contributed by atoms with Crippen molar-refractivity contribution in [1.82, 2.24) is 19.4 Å². The number of nitrogens with zero attached hydrogens (tertiary/aromatic N) is 3. The molecule has 0 saturated heterocycles. The number of hydrogen-bond acceptors (Lipinski definition) is 2. The van der Waals surface area contributed by atoms with Crippen molar-refractivity contribution in [3.63, 3.8) is 0 Å². The number of fused-ring (bicyclic) bond motifs is 7. The minimum absolute atomic E-state index is 0. The molecule has 0 atom stereocenters. The summed E-state index contributed by atoms with van der Waals surface area (Å²) >= 11 is 0. The lowest BCUT2D eigenvalue weighted by atomic mass is 10.2. The third kappa shape index (κ3) is 1.51. The van der Waals surface area contributed by atoms with Crippen molar-refractivity contribution in [2.75, 3.05) is 0 Å². The molecule has 0 saturated carbocycles. The minimum atomic E-state index is 0. The first kappa shape index (κ1) is 12.2. The number of aromatic amines is 1. The van der Waals surface area contributed by atoms with Crippen LogP contribution in [-0.4, -0.2) is 19.4 Å². The molecule has 4 heterocycles. The van der Waals surface area contributed by atoms with Gasteiger partial charge in [-0.2, -0.15) is 0 Å². The van der Waals surface area contributed by atoms with Crippen LogP contribution in [0.3, 0.4) is 0 Å². The number of nitrogens with one attached hydrogen (secondary N) is 1. The van der Waals surface area contributed by atoms with Gasteiger partial charge in [0, 0.05) is 22.5 Å². The fraction of sp³-hybridized carbons (Fsp3) is 0. The van der Waals surface area contributed by atoms with Gasteiger partial charge in [-0.1, -0.05) is 24.3 Å². The predicted octanol–water partition coefficient (Wildman–Crippen LogP) is 3.94. The van der Waals surface area contributed by atoms with Crippen LogP contribution in [0.4, 0.5) is 0 Å². The smallest absolute Gasteiger partial charge is 0.165 e. The SMILES string of the molecule is Cl.c1ccc2c(c1)[nH]c1cnc3c(nc4ccccn43)c12. The highest BCUT2D eigenvalue weighted by molar-refractivity contribution is 6.17. The molecule has 5 aromatic rings. The minimum Gasteiger partial charge on any atom is -0.353 e. The lowest BCUT2D eigenvalue weighted by Crippen LogP contribution is -1.84. The molecule has 4 nitrogen and oxygen atoms in total. The van der Waals surface area contributed by atoms with E-state index in [1.807, 2.05) is 41.1 Å². The Labute approximate surface area is 125 Å². The summed E-state index contributed by atoms with van der Waals surface area (Å²) in [4.78, 5) is 12.7. The van der Waals surface area contributed by atoms with Crippen LogP contribution in [0.15, 0.2) is 54.9 Å². The van der Waals surface area contributed by atoms with Crippen LogP contribution in [0.5, 0.6) is 0 Å². The Bertz CT molecular complexity index is 1110. The number of halogens is 1. The molecule has 0 unspecified atom stereocenters. The van der Waals surface area contributed by atoms with Crippen molar-refractivity contribution in [2.24, 2.45) is 0 Å². The van der Waals surface area contributed by atoms with Crippen molar-refractivity contribution < 1.29 is 0 Å². The summed E-state index contributed by atoms with van der Waals surface area (Å²) in [5.41, 5.74) is 4.92. The number of aromatic nitrogens is 4. The highest BCUT2D eigenvalue weighted by atomic mass is 35.5. The molecule has 0 spiro atoms. The molecule has 21 heavy (non-hydrogen) atoms. The normalized spacial score (nSPS) is 11.4. The molecular formula is C16H11ClN4. The lowest BCUT2D eigenvalue weighted by Gasteiger charge is -1.94. The second-order valence-corrected chi connectivity index (χ2v) is 4.93. The van der Waals surface area contributed by atoms with Gasteiger partial charge in [-0.05, 0) is 18.2 Å². The van der Waals surface area contributed by atoms with Gasteiger partial charge in [0.25, 0.3) is 0 Å². The van der Waals surface area contributed by atoms with E-state index in [0.717, 1.165) is 33.2 Å². The molecule has 0 amide bonds. The van der Waals surface area contributed by atoms with Crippen LogP contribution < -0.4 is 0 Å². The molecule has 5 rings (SSSR count). The molecule has 0 fully saturated rings. The second-order valence-electron chi connectivity index (χ2n) is 4.93. The van der Waals surface area contributed by atoms with E-state index in [1.54, 1.807) is 0 Å². The molecule has 0 aliphatic heterocycles. The first-order valence-corrected chi connectivity index (χ1v) is 6.54. The van der Waals surface area contributed by atoms with E-state index >= 15 is 0 Å². The molecule has 1 N–H and O–H groups in total. The summed E-state index contributed by atoms with van der Waals surface area (Å²) in [7, 11) is 0. The molecule has 0 radical (unpaired) electrons. The third-order valence-electron chi connectivity index (χ3n) is 3.79. The fourth-order valence-electron chi connectivity index (χ4n) is 2.91. The molecule has 0 aliphatic rings. The van der Waals surface area contributed by atoms with Gasteiger partial charge < -0.3 is 4.98 Å². The van der Waals surface area contributed by atoms with Crippen molar-refractivity contribution in [1.29, 1.82) is 0 Å². The van der Waals surface area contributed by atoms with Gasteiger partial charge in [-0.15, -0.1) is 12.4 Å². The number of para-hydroxylation sites is 1. The Morgan fingerprint density at radius 2 is 1.81 bits per heavy atom. The summed E-state index contributed by atoms with van der Waals surface area (Å²) in [6, 6.07) is 14.3. The Morgan fingerprint density at radius 1 is 0.952 bits per heavy atom. The molecule has 0 aliphatic carbocycles. The zero-order chi connectivity index (χ0) is 13.1. The molecule has 102 valence electrons. The monoisotopic (exact) mass is 294 g/mol.